The molecule has 0 radical (unpaired) electrons. The summed E-state index contributed by atoms with van der Waals surface area (Å²) < 4.78 is 0. The summed E-state index contributed by atoms with van der Waals surface area (Å²) in [6.45, 7) is 1.86. The van der Waals surface area contributed by atoms with Crippen LogP contribution in [0.25, 0.3) is 0 Å². The van der Waals surface area contributed by atoms with Gasteiger partial charge in [0.2, 0.25) is 11.8 Å². The Balaban J connectivity index is 1.59. The zero-order valence-corrected chi connectivity index (χ0v) is 16.6. The van der Waals surface area contributed by atoms with Gasteiger partial charge in [-0.2, -0.15) is 0 Å². The second-order valence-corrected chi connectivity index (χ2v) is 8.57. The maximum absolute atomic E-state index is 13.7. The molecule has 29 heavy (non-hydrogen) atoms. The van der Waals surface area contributed by atoms with Crippen LogP contribution < -0.4 is 4.90 Å². The zero-order valence-electron chi connectivity index (χ0n) is 15.8. The van der Waals surface area contributed by atoms with Crippen LogP contribution in [0.3, 0.4) is 0 Å². The summed E-state index contributed by atoms with van der Waals surface area (Å²) in [7, 11) is 0. The summed E-state index contributed by atoms with van der Waals surface area (Å²) in [5.74, 6) is -1.11. The standard InChI is InChI=1S/C25H18ClNO2/c1-13-18(26)11-6-12-19(13)27-24(28)22-20-14-7-2-3-8-15(14)21(23(22)25(27)29)17-10-5-4-9-16(17)20/h2-12,20-23H,1H3/t20?,21?,22-,23+. The van der Waals surface area contributed by atoms with E-state index in [1.54, 1.807) is 12.1 Å². The first-order valence-corrected chi connectivity index (χ1v) is 10.3. The smallest absolute Gasteiger partial charge is 0.238 e. The van der Waals surface area contributed by atoms with E-state index in [4.69, 9.17) is 11.6 Å². The first-order chi connectivity index (χ1) is 14.1. The fourth-order valence-corrected chi connectivity index (χ4v) is 5.92. The topological polar surface area (TPSA) is 37.4 Å². The Kier molecular flexibility index (Phi) is 3.40. The highest BCUT2D eigenvalue weighted by atomic mass is 35.5. The van der Waals surface area contributed by atoms with E-state index in [9.17, 15) is 9.59 Å². The number of anilines is 1. The molecule has 142 valence electrons. The Morgan fingerprint density at radius 2 is 1.14 bits per heavy atom. The number of amides is 2. The number of hydrogen-bond donors (Lipinski definition) is 0. The van der Waals surface area contributed by atoms with Crippen molar-refractivity contribution in [3.05, 3.63) is 99.6 Å². The van der Waals surface area contributed by atoms with E-state index in [1.807, 2.05) is 37.3 Å². The van der Waals surface area contributed by atoms with Crippen molar-refractivity contribution in [1.29, 1.82) is 0 Å². The van der Waals surface area contributed by atoms with E-state index >= 15 is 0 Å². The third-order valence-electron chi connectivity index (χ3n) is 6.93. The molecule has 3 aromatic rings. The van der Waals surface area contributed by atoms with Crippen molar-refractivity contribution in [3.63, 3.8) is 0 Å². The number of hydrogen-bond acceptors (Lipinski definition) is 2. The van der Waals surface area contributed by atoms with Gasteiger partial charge < -0.3 is 0 Å². The molecular weight excluding hydrogens is 382 g/mol. The number of imide groups is 1. The Labute approximate surface area is 173 Å². The van der Waals surface area contributed by atoms with Gasteiger partial charge >= 0.3 is 0 Å². The van der Waals surface area contributed by atoms with Gasteiger partial charge in [0, 0.05) is 16.9 Å². The van der Waals surface area contributed by atoms with Crippen LogP contribution in [0, 0.1) is 18.8 Å². The normalized spacial score (nSPS) is 26.3. The summed E-state index contributed by atoms with van der Waals surface area (Å²) >= 11 is 6.31. The number of carbonyl (C=O) groups is 2. The molecule has 2 bridgehead atoms. The van der Waals surface area contributed by atoms with Crippen LogP contribution in [0.4, 0.5) is 5.69 Å². The number of carbonyl (C=O) groups excluding carboxylic acids is 2. The minimum atomic E-state index is -0.365. The summed E-state index contributed by atoms with van der Waals surface area (Å²) in [6.07, 6.45) is 0. The molecule has 4 heteroatoms. The Morgan fingerprint density at radius 1 is 0.690 bits per heavy atom. The maximum Gasteiger partial charge on any atom is 0.238 e. The van der Waals surface area contributed by atoms with Gasteiger partial charge in [0.05, 0.1) is 17.5 Å². The van der Waals surface area contributed by atoms with Gasteiger partial charge in [-0.25, -0.2) is 4.90 Å². The lowest BCUT2D eigenvalue weighted by molar-refractivity contribution is -0.122. The first-order valence-electron chi connectivity index (χ1n) is 9.90. The van der Waals surface area contributed by atoms with E-state index < -0.39 is 0 Å². The molecule has 7 rings (SSSR count). The third-order valence-corrected chi connectivity index (χ3v) is 7.34. The minimum Gasteiger partial charge on any atom is -0.274 e. The summed E-state index contributed by atoms with van der Waals surface area (Å²) in [4.78, 5) is 28.8. The highest BCUT2D eigenvalue weighted by Crippen LogP contribution is 2.61. The Morgan fingerprint density at radius 3 is 1.59 bits per heavy atom. The van der Waals surface area contributed by atoms with Crippen molar-refractivity contribution in [2.75, 3.05) is 4.90 Å². The average molecular weight is 400 g/mol. The van der Waals surface area contributed by atoms with Gasteiger partial charge in [-0.3, -0.25) is 9.59 Å². The first kappa shape index (κ1) is 17.0. The van der Waals surface area contributed by atoms with E-state index in [0.29, 0.717) is 10.7 Å². The van der Waals surface area contributed by atoms with Crippen molar-refractivity contribution in [1.82, 2.24) is 0 Å². The Bertz CT molecular complexity index is 1100. The van der Waals surface area contributed by atoms with Crippen LogP contribution in [0.1, 0.15) is 39.7 Å². The second-order valence-electron chi connectivity index (χ2n) is 8.16. The lowest BCUT2D eigenvalue weighted by Crippen LogP contribution is -2.41. The molecule has 0 aromatic heterocycles. The van der Waals surface area contributed by atoms with Gasteiger partial charge in [0.25, 0.3) is 0 Å². The molecule has 0 spiro atoms. The van der Waals surface area contributed by atoms with Gasteiger partial charge in [0.15, 0.2) is 0 Å². The van der Waals surface area contributed by atoms with Crippen LogP contribution in [-0.4, -0.2) is 11.8 Å². The molecule has 3 aromatic carbocycles. The highest BCUT2D eigenvalue weighted by molar-refractivity contribution is 6.32. The molecule has 1 aliphatic heterocycles. The fraction of sp³-hybridized carbons (Fsp3) is 0.200. The van der Waals surface area contributed by atoms with Crippen LogP contribution >= 0.6 is 11.6 Å². The lowest BCUT2D eigenvalue weighted by Gasteiger charge is -2.45. The van der Waals surface area contributed by atoms with Crippen molar-refractivity contribution < 1.29 is 9.59 Å². The van der Waals surface area contributed by atoms with Gasteiger partial charge in [0.1, 0.15) is 0 Å². The molecule has 3 aliphatic carbocycles. The maximum atomic E-state index is 13.7. The van der Waals surface area contributed by atoms with E-state index in [-0.39, 0.29) is 35.5 Å². The van der Waals surface area contributed by atoms with Crippen LogP contribution in [-0.2, 0) is 9.59 Å². The average Bonchev–Trinajstić information content (AvgIpc) is 3.01. The molecule has 1 saturated heterocycles. The third kappa shape index (κ3) is 2.03. The minimum absolute atomic E-state index is 0.0849. The largest absolute Gasteiger partial charge is 0.274 e. The molecular formula is C25H18ClNO2. The van der Waals surface area contributed by atoms with Gasteiger partial charge in [-0.1, -0.05) is 66.2 Å². The molecule has 0 saturated carbocycles. The second kappa shape index (κ2) is 5.80. The Hall–Kier alpha value is -2.91. The molecule has 1 fully saturated rings. The lowest BCUT2D eigenvalue weighted by atomic mass is 9.55. The van der Waals surface area contributed by atoms with E-state index in [2.05, 4.69) is 24.3 Å². The predicted octanol–water partition coefficient (Wildman–Crippen LogP) is 5.05. The van der Waals surface area contributed by atoms with Crippen molar-refractivity contribution in [3.8, 4) is 0 Å². The molecule has 4 aliphatic rings. The fourth-order valence-electron chi connectivity index (χ4n) is 5.75. The van der Waals surface area contributed by atoms with Gasteiger partial charge in [-0.05, 0) is 46.9 Å². The van der Waals surface area contributed by atoms with Crippen LogP contribution in [0.2, 0.25) is 5.02 Å². The number of rotatable bonds is 1. The quantitative estimate of drug-likeness (QED) is 0.537. The van der Waals surface area contributed by atoms with Crippen molar-refractivity contribution in [2.45, 2.75) is 18.8 Å². The SMILES string of the molecule is Cc1c(Cl)cccc1N1C(=O)[C@@H]2C3c4ccccc4C(c4ccccc43)[C@@H]2C1=O. The molecule has 3 nitrogen and oxygen atoms in total. The molecule has 2 amide bonds. The predicted molar refractivity (Wildman–Crippen MR) is 112 cm³/mol. The highest BCUT2D eigenvalue weighted by Gasteiger charge is 2.61. The van der Waals surface area contributed by atoms with E-state index in [0.717, 1.165) is 5.56 Å². The molecule has 0 N–H and O–H groups in total. The van der Waals surface area contributed by atoms with Crippen molar-refractivity contribution >= 4 is 29.1 Å². The zero-order chi connectivity index (χ0) is 19.9. The van der Waals surface area contributed by atoms with E-state index in [1.165, 1.54) is 27.2 Å². The molecule has 0 unspecified atom stereocenters. The van der Waals surface area contributed by atoms with Crippen molar-refractivity contribution in [2.24, 2.45) is 11.8 Å². The van der Waals surface area contributed by atoms with Gasteiger partial charge in [-0.15, -0.1) is 0 Å². The summed E-state index contributed by atoms with van der Waals surface area (Å²) in [5.41, 5.74) is 6.10. The number of halogens is 1. The van der Waals surface area contributed by atoms with Crippen LogP contribution in [0.15, 0.2) is 66.7 Å². The molecule has 2 atom stereocenters. The number of nitrogens with zero attached hydrogens (tertiary/aromatic N) is 1. The monoisotopic (exact) mass is 399 g/mol. The molecule has 1 heterocycles. The van der Waals surface area contributed by atoms with Crippen LogP contribution in [0.5, 0.6) is 0 Å². The summed E-state index contributed by atoms with van der Waals surface area (Å²) in [5, 5.41) is 0.563. The number of benzene rings is 3. The summed E-state index contributed by atoms with van der Waals surface area (Å²) in [6, 6.07) is 22.0.